The van der Waals surface area contributed by atoms with Crippen LogP contribution in [0.15, 0.2) is 77.6 Å². The van der Waals surface area contributed by atoms with Crippen LogP contribution in [0.5, 0.6) is 0 Å². The summed E-state index contributed by atoms with van der Waals surface area (Å²) in [6.45, 7) is 0.234. The van der Waals surface area contributed by atoms with Crippen molar-refractivity contribution in [2.75, 3.05) is 16.8 Å². The predicted molar refractivity (Wildman–Crippen MR) is 122 cm³/mol. The van der Waals surface area contributed by atoms with E-state index in [2.05, 4.69) is 20.4 Å². The van der Waals surface area contributed by atoms with E-state index in [1.807, 2.05) is 18.2 Å². The Bertz CT molecular complexity index is 1320. The largest absolute Gasteiger partial charge is 0.339 e. The maximum Gasteiger partial charge on any atom is 0.231 e. The van der Waals surface area contributed by atoms with Gasteiger partial charge in [-0.25, -0.2) is 4.39 Å². The molecule has 0 bridgehead atoms. The Morgan fingerprint density at radius 2 is 1.85 bits per heavy atom. The minimum Gasteiger partial charge on any atom is -0.339 e. The van der Waals surface area contributed by atoms with Crippen molar-refractivity contribution in [3.05, 3.63) is 90.3 Å². The number of carbonyl (C=O) groups is 2. The average Bonchev–Trinajstić information content (AvgIpc) is 3.48. The van der Waals surface area contributed by atoms with Crippen LogP contribution in [-0.2, 0) is 16.0 Å². The quantitative estimate of drug-likeness (QED) is 0.472. The van der Waals surface area contributed by atoms with Gasteiger partial charge in [-0.1, -0.05) is 23.4 Å². The van der Waals surface area contributed by atoms with Gasteiger partial charge in [0.2, 0.25) is 23.5 Å². The Balaban J connectivity index is 1.28. The molecule has 4 aromatic rings. The number of hydrogen-bond acceptors (Lipinski definition) is 6. The molecule has 2 amide bonds. The van der Waals surface area contributed by atoms with Crippen LogP contribution in [0.3, 0.4) is 0 Å². The van der Waals surface area contributed by atoms with E-state index >= 15 is 0 Å². The van der Waals surface area contributed by atoms with Gasteiger partial charge in [-0.15, -0.1) is 0 Å². The zero-order chi connectivity index (χ0) is 23.5. The number of nitrogens with one attached hydrogen (secondary N) is 1. The summed E-state index contributed by atoms with van der Waals surface area (Å²) in [5.74, 6) is -0.456. The first kappa shape index (κ1) is 21.4. The van der Waals surface area contributed by atoms with Gasteiger partial charge in [0.25, 0.3) is 0 Å². The summed E-state index contributed by atoms with van der Waals surface area (Å²) in [4.78, 5) is 35.4. The molecule has 1 atom stereocenters. The molecule has 0 saturated carbocycles. The zero-order valence-electron chi connectivity index (χ0n) is 18.0. The Labute approximate surface area is 194 Å². The second-order valence-corrected chi connectivity index (χ2v) is 7.95. The molecule has 170 valence electrons. The lowest BCUT2D eigenvalue weighted by atomic mass is 10.1. The number of halogens is 1. The molecule has 34 heavy (non-hydrogen) atoms. The molecular weight excluding hydrogens is 437 g/mol. The molecule has 0 aliphatic carbocycles. The van der Waals surface area contributed by atoms with E-state index < -0.39 is 5.92 Å². The summed E-state index contributed by atoms with van der Waals surface area (Å²) in [5, 5.41) is 6.96. The van der Waals surface area contributed by atoms with Crippen LogP contribution in [0.25, 0.3) is 11.4 Å². The number of benzene rings is 2. The monoisotopic (exact) mass is 457 g/mol. The molecule has 2 aromatic heterocycles. The Morgan fingerprint density at radius 3 is 2.65 bits per heavy atom. The van der Waals surface area contributed by atoms with Crippen molar-refractivity contribution >= 4 is 23.2 Å². The van der Waals surface area contributed by atoms with Gasteiger partial charge in [-0.2, -0.15) is 4.98 Å². The van der Waals surface area contributed by atoms with Crippen molar-refractivity contribution in [3.8, 4) is 11.4 Å². The molecule has 8 nitrogen and oxygen atoms in total. The summed E-state index contributed by atoms with van der Waals surface area (Å²) in [6.07, 6.45) is 3.73. The molecule has 1 saturated heterocycles. The Hall–Kier alpha value is -4.40. The van der Waals surface area contributed by atoms with E-state index in [0.717, 1.165) is 11.1 Å². The highest BCUT2D eigenvalue weighted by molar-refractivity contribution is 6.03. The molecule has 9 heteroatoms. The topological polar surface area (TPSA) is 101 Å². The molecule has 2 aromatic carbocycles. The fourth-order valence-electron chi connectivity index (χ4n) is 3.89. The third-order valence-corrected chi connectivity index (χ3v) is 5.66. The number of rotatable bonds is 6. The first-order valence-electron chi connectivity index (χ1n) is 10.7. The summed E-state index contributed by atoms with van der Waals surface area (Å²) in [5.41, 5.74) is 2.79. The van der Waals surface area contributed by atoms with E-state index in [4.69, 9.17) is 4.52 Å². The number of para-hydroxylation sites is 1. The number of pyridine rings is 1. The van der Waals surface area contributed by atoms with Gasteiger partial charge >= 0.3 is 0 Å². The molecule has 0 radical (unpaired) electrons. The molecule has 1 unspecified atom stereocenters. The van der Waals surface area contributed by atoms with Crippen molar-refractivity contribution in [3.63, 3.8) is 0 Å². The van der Waals surface area contributed by atoms with E-state index in [1.54, 1.807) is 30.6 Å². The maximum absolute atomic E-state index is 13.2. The fourth-order valence-corrected chi connectivity index (χ4v) is 3.89. The van der Waals surface area contributed by atoms with Crippen molar-refractivity contribution < 1.29 is 18.5 Å². The minimum absolute atomic E-state index is 0.0876. The van der Waals surface area contributed by atoms with E-state index in [1.165, 1.54) is 29.2 Å². The molecule has 3 heterocycles. The lowest BCUT2D eigenvalue weighted by Gasteiger charge is -2.17. The molecule has 1 aliphatic heterocycles. The van der Waals surface area contributed by atoms with Crippen LogP contribution in [0.4, 0.5) is 15.8 Å². The number of aromatic nitrogens is 3. The molecule has 5 rings (SSSR count). The highest BCUT2D eigenvalue weighted by Crippen LogP contribution is 2.27. The lowest BCUT2D eigenvalue weighted by molar-refractivity contribution is -0.122. The van der Waals surface area contributed by atoms with Crippen LogP contribution in [0, 0.1) is 11.7 Å². The molecule has 0 spiro atoms. The van der Waals surface area contributed by atoms with Crippen LogP contribution < -0.4 is 10.2 Å². The predicted octanol–water partition coefficient (Wildman–Crippen LogP) is 3.85. The Kier molecular flexibility index (Phi) is 5.82. The zero-order valence-corrected chi connectivity index (χ0v) is 18.0. The van der Waals surface area contributed by atoms with Crippen molar-refractivity contribution in [1.29, 1.82) is 0 Å². The first-order chi connectivity index (χ1) is 16.6. The van der Waals surface area contributed by atoms with Crippen LogP contribution in [-0.4, -0.2) is 33.5 Å². The van der Waals surface area contributed by atoms with Crippen LogP contribution in [0.1, 0.15) is 17.9 Å². The average molecular weight is 457 g/mol. The van der Waals surface area contributed by atoms with E-state index in [0.29, 0.717) is 29.5 Å². The second-order valence-electron chi connectivity index (χ2n) is 7.95. The van der Waals surface area contributed by atoms with Gasteiger partial charge < -0.3 is 14.7 Å². The summed E-state index contributed by atoms with van der Waals surface area (Å²) in [7, 11) is 0. The van der Waals surface area contributed by atoms with E-state index in [9.17, 15) is 14.0 Å². The molecule has 1 N–H and O–H groups in total. The molecule has 1 aliphatic rings. The van der Waals surface area contributed by atoms with Crippen molar-refractivity contribution in [1.82, 2.24) is 15.1 Å². The SMILES string of the molecule is O=C(Nc1ccccc1Cc1nc(-c2ccncc2)no1)C1CC(=O)N(c2ccc(F)cc2)C1. The normalized spacial score (nSPS) is 15.5. The standard InChI is InChI=1S/C25H20FN5O3/c26-19-5-7-20(8-6-19)31-15-18(14-23(31)32)25(33)28-21-4-2-1-3-17(21)13-22-29-24(30-34-22)16-9-11-27-12-10-16/h1-12,18H,13-15H2,(H,28,33). The van der Waals surface area contributed by atoms with Gasteiger partial charge in [-0.3, -0.25) is 14.6 Å². The van der Waals surface area contributed by atoms with Gasteiger partial charge in [0, 0.05) is 42.3 Å². The smallest absolute Gasteiger partial charge is 0.231 e. The van der Waals surface area contributed by atoms with Crippen molar-refractivity contribution in [2.24, 2.45) is 5.92 Å². The lowest BCUT2D eigenvalue weighted by Crippen LogP contribution is -2.28. The summed E-state index contributed by atoms with van der Waals surface area (Å²) >= 11 is 0. The van der Waals surface area contributed by atoms with Crippen LogP contribution >= 0.6 is 0 Å². The fraction of sp³-hybridized carbons (Fsp3) is 0.160. The highest BCUT2D eigenvalue weighted by atomic mass is 19.1. The third-order valence-electron chi connectivity index (χ3n) is 5.66. The highest BCUT2D eigenvalue weighted by Gasteiger charge is 2.35. The number of anilines is 2. The van der Waals surface area contributed by atoms with Gasteiger partial charge in [-0.05, 0) is 48.0 Å². The minimum atomic E-state index is -0.521. The van der Waals surface area contributed by atoms with Gasteiger partial charge in [0.1, 0.15) is 5.82 Å². The summed E-state index contributed by atoms with van der Waals surface area (Å²) < 4.78 is 18.6. The maximum atomic E-state index is 13.2. The molecule has 1 fully saturated rings. The van der Waals surface area contributed by atoms with Crippen LogP contribution in [0.2, 0.25) is 0 Å². The second kappa shape index (κ2) is 9.22. The number of hydrogen-bond donors (Lipinski definition) is 1. The van der Waals surface area contributed by atoms with E-state index in [-0.39, 0.29) is 30.6 Å². The number of amides is 2. The van der Waals surface area contributed by atoms with Gasteiger partial charge in [0.15, 0.2) is 0 Å². The third kappa shape index (κ3) is 4.54. The van der Waals surface area contributed by atoms with Gasteiger partial charge in [0.05, 0.1) is 12.3 Å². The number of nitrogens with zero attached hydrogens (tertiary/aromatic N) is 4. The Morgan fingerprint density at radius 1 is 1.09 bits per heavy atom. The molecular formula is C25H20FN5O3. The first-order valence-corrected chi connectivity index (χ1v) is 10.7. The summed E-state index contributed by atoms with van der Waals surface area (Å²) in [6, 6.07) is 16.6. The number of carbonyl (C=O) groups excluding carboxylic acids is 2. The van der Waals surface area contributed by atoms with Crippen molar-refractivity contribution in [2.45, 2.75) is 12.8 Å².